The van der Waals surface area contributed by atoms with E-state index in [0.29, 0.717) is 6.61 Å². The number of ether oxygens (including phenoxy) is 1. The molecule has 7 heteroatoms. The third-order valence-electron chi connectivity index (χ3n) is 5.42. The molecular formula is C19H22N6O. The van der Waals surface area contributed by atoms with Crippen molar-refractivity contribution in [1.29, 1.82) is 0 Å². The Balaban J connectivity index is 1.33. The van der Waals surface area contributed by atoms with Crippen molar-refractivity contribution in [2.24, 2.45) is 0 Å². The van der Waals surface area contributed by atoms with Crippen LogP contribution in [0.3, 0.4) is 0 Å². The maximum Gasteiger partial charge on any atom is 0.0930 e. The third-order valence-corrected chi connectivity index (χ3v) is 5.42. The van der Waals surface area contributed by atoms with Crippen LogP contribution in [0.2, 0.25) is 0 Å². The van der Waals surface area contributed by atoms with E-state index in [9.17, 15) is 0 Å². The van der Waals surface area contributed by atoms with Gasteiger partial charge in [-0.05, 0) is 23.6 Å². The van der Waals surface area contributed by atoms with Crippen LogP contribution in [-0.4, -0.2) is 48.9 Å². The third kappa shape index (κ3) is 2.93. The molecule has 4 heterocycles. The fraction of sp³-hybridized carbons (Fsp3) is 0.421. The summed E-state index contributed by atoms with van der Waals surface area (Å²) in [6, 6.07) is 10.9. The maximum absolute atomic E-state index is 6.02. The van der Waals surface area contributed by atoms with E-state index in [1.807, 2.05) is 29.3 Å². The summed E-state index contributed by atoms with van der Waals surface area (Å²) in [5, 5.41) is 12.7. The molecule has 0 bridgehead atoms. The summed E-state index contributed by atoms with van der Waals surface area (Å²) in [7, 11) is 0. The molecule has 5 rings (SSSR count). The highest BCUT2D eigenvalue weighted by Crippen LogP contribution is 2.30. The van der Waals surface area contributed by atoms with Gasteiger partial charge in [-0.1, -0.05) is 29.5 Å². The van der Waals surface area contributed by atoms with E-state index in [1.54, 1.807) is 0 Å². The smallest absolute Gasteiger partial charge is 0.0930 e. The molecule has 7 nitrogen and oxygen atoms in total. The van der Waals surface area contributed by atoms with E-state index in [-0.39, 0.29) is 12.1 Å². The van der Waals surface area contributed by atoms with Crippen LogP contribution in [0.5, 0.6) is 0 Å². The monoisotopic (exact) mass is 350 g/mol. The number of aromatic nitrogens is 5. The number of rotatable bonds is 4. The number of piperidine rings is 1. The first kappa shape index (κ1) is 15.7. The zero-order chi connectivity index (χ0) is 17.3. The molecule has 0 spiro atoms. The Morgan fingerprint density at radius 1 is 1.12 bits per heavy atom. The molecule has 2 aromatic heterocycles. The second-order valence-electron chi connectivity index (χ2n) is 7.08. The van der Waals surface area contributed by atoms with E-state index in [2.05, 4.69) is 49.3 Å². The standard InChI is InChI=1S/C19H22N6O/c1-2-5-16(12-24-8-3-7-21-24)15(4-1)11-23-9-6-19-18(13-23)25-17(14-26-19)10-20-22-25/h1-5,7-8,10,18-19H,6,9,11-14H2/t18-,19-/m1/s1. The Labute approximate surface area is 152 Å². The molecule has 1 fully saturated rings. The van der Waals surface area contributed by atoms with Crippen molar-refractivity contribution in [3.8, 4) is 0 Å². The number of likely N-dealkylation sites (tertiary alicyclic amines) is 1. The molecular weight excluding hydrogens is 328 g/mol. The van der Waals surface area contributed by atoms with Gasteiger partial charge in [0.2, 0.25) is 0 Å². The molecule has 0 saturated carbocycles. The molecule has 0 radical (unpaired) electrons. The van der Waals surface area contributed by atoms with E-state index in [0.717, 1.165) is 38.3 Å². The van der Waals surface area contributed by atoms with Gasteiger partial charge in [0, 0.05) is 32.0 Å². The summed E-state index contributed by atoms with van der Waals surface area (Å²) in [5.41, 5.74) is 3.75. The lowest BCUT2D eigenvalue weighted by atomic mass is 9.99. The minimum atomic E-state index is 0.250. The van der Waals surface area contributed by atoms with Gasteiger partial charge in [0.25, 0.3) is 0 Å². The molecule has 3 aromatic rings. The zero-order valence-electron chi connectivity index (χ0n) is 14.6. The van der Waals surface area contributed by atoms with Gasteiger partial charge in [-0.15, -0.1) is 5.10 Å². The number of hydrogen-bond acceptors (Lipinski definition) is 5. The predicted octanol–water partition coefficient (Wildman–Crippen LogP) is 1.87. The fourth-order valence-corrected chi connectivity index (χ4v) is 4.06. The summed E-state index contributed by atoms with van der Waals surface area (Å²) < 4.78 is 10.1. The molecule has 1 aromatic carbocycles. The average Bonchev–Trinajstić information content (AvgIpc) is 3.35. The highest BCUT2D eigenvalue weighted by atomic mass is 16.5. The van der Waals surface area contributed by atoms with Crippen molar-refractivity contribution in [3.05, 3.63) is 65.7 Å². The SMILES string of the molecule is c1ccc(Cn2cccn2)c(CN2CC[C@H]3OCc4cnnn4[C@@H]3C2)c1. The molecule has 134 valence electrons. The van der Waals surface area contributed by atoms with Gasteiger partial charge in [-0.2, -0.15) is 5.10 Å². The Morgan fingerprint density at radius 2 is 2.00 bits per heavy atom. The van der Waals surface area contributed by atoms with Crippen LogP contribution in [0.1, 0.15) is 29.3 Å². The lowest BCUT2D eigenvalue weighted by Gasteiger charge is -2.41. The quantitative estimate of drug-likeness (QED) is 0.719. The number of benzene rings is 1. The molecule has 0 aliphatic carbocycles. The highest BCUT2D eigenvalue weighted by Gasteiger charge is 2.36. The minimum absolute atomic E-state index is 0.250. The van der Waals surface area contributed by atoms with Crippen LogP contribution in [0.4, 0.5) is 0 Å². The summed E-state index contributed by atoms with van der Waals surface area (Å²) in [5.74, 6) is 0. The van der Waals surface area contributed by atoms with E-state index in [4.69, 9.17) is 4.74 Å². The molecule has 1 saturated heterocycles. The van der Waals surface area contributed by atoms with Crippen LogP contribution in [-0.2, 0) is 24.4 Å². The Bertz CT molecular complexity index is 874. The largest absolute Gasteiger partial charge is 0.370 e. The van der Waals surface area contributed by atoms with E-state index >= 15 is 0 Å². The number of hydrogen-bond donors (Lipinski definition) is 0. The average molecular weight is 350 g/mol. The van der Waals surface area contributed by atoms with E-state index < -0.39 is 0 Å². The first-order valence-corrected chi connectivity index (χ1v) is 9.14. The number of fused-ring (bicyclic) bond motifs is 3. The van der Waals surface area contributed by atoms with Gasteiger partial charge in [0.1, 0.15) is 0 Å². The van der Waals surface area contributed by atoms with Crippen molar-refractivity contribution in [3.63, 3.8) is 0 Å². The predicted molar refractivity (Wildman–Crippen MR) is 95.3 cm³/mol. The van der Waals surface area contributed by atoms with Crippen LogP contribution < -0.4 is 0 Å². The normalized spacial score (nSPS) is 22.8. The van der Waals surface area contributed by atoms with Crippen LogP contribution in [0.15, 0.2) is 48.9 Å². The Hall–Kier alpha value is -2.51. The summed E-state index contributed by atoms with van der Waals surface area (Å²) in [6.45, 7) is 4.35. The number of nitrogens with zero attached hydrogens (tertiary/aromatic N) is 6. The van der Waals surface area contributed by atoms with Crippen molar-refractivity contribution < 1.29 is 4.74 Å². The Morgan fingerprint density at radius 3 is 2.85 bits per heavy atom. The lowest BCUT2D eigenvalue weighted by molar-refractivity contribution is -0.0670. The van der Waals surface area contributed by atoms with E-state index in [1.165, 1.54) is 11.1 Å². The van der Waals surface area contributed by atoms with Crippen molar-refractivity contribution >= 4 is 0 Å². The highest BCUT2D eigenvalue weighted by molar-refractivity contribution is 5.27. The second-order valence-corrected chi connectivity index (χ2v) is 7.08. The summed E-state index contributed by atoms with van der Waals surface area (Å²) >= 11 is 0. The van der Waals surface area contributed by atoms with Crippen molar-refractivity contribution in [1.82, 2.24) is 29.7 Å². The molecule has 0 amide bonds. The first-order chi connectivity index (χ1) is 12.9. The molecule has 2 aliphatic rings. The molecule has 0 unspecified atom stereocenters. The molecule has 26 heavy (non-hydrogen) atoms. The van der Waals surface area contributed by atoms with Crippen molar-refractivity contribution in [2.75, 3.05) is 13.1 Å². The maximum atomic E-state index is 6.02. The molecule has 0 N–H and O–H groups in total. The zero-order valence-corrected chi connectivity index (χ0v) is 14.6. The van der Waals surface area contributed by atoms with Gasteiger partial charge in [-0.3, -0.25) is 9.58 Å². The Kier molecular flexibility index (Phi) is 4.03. The fourth-order valence-electron chi connectivity index (χ4n) is 4.06. The first-order valence-electron chi connectivity index (χ1n) is 9.14. The van der Waals surface area contributed by atoms with Gasteiger partial charge in [-0.25, -0.2) is 4.68 Å². The summed E-state index contributed by atoms with van der Waals surface area (Å²) in [6.07, 6.45) is 6.93. The minimum Gasteiger partial charge on any atom is -0.370 e. The van der Waals surface area contributed by atoms with Gasteiger partial charge < -0.3 is 4.74 Å². The van der Waals surface area contributed by atoms with Gasteiger partial charge in [0.05, 0.1) is 37.2 Å². The molecule has 2 atom stereocenters. The van der Waals surface area contributed by atoms with Crippen LogP contribution in [0.25, 0.3) is 0 Å². The van der Waals surface area contributed by atoms with Crippen LogP contribution >= 0.6 is 0 Å². The van der Waals surface area contributed by atoms with Gasteiger partial charge >= 0.3 is 0 Å². The van der Waals surface area contributed by atoms with Gasteiger partial charge in [0.15, 0.2) is 0 Å². The second kappa shape index (κ2) is 6.66. The summed E-state index contributed by atoms with van der Waals surface area (Å²) in [4.78, 5) is 2.50. The van der Waals surface area contributed by atoms with Crippen molar-refractivity contribution in [2.45, 2.75) is 38.3 Å². The topological polar surface area (TPSA) is 61.0 Å². The lowest BCUT2D eigenvalue weighted by Crippen LogP contribution is -2.47. The molecule has 2 aliphatic heterocycles. The van der Waals surface area contributed by atoms with Crippen LogP contribution in [0, 0.1) is 0 Å².